The maximum Gasteiger partial charge on any atom is 0.225 e. The van der Waals surface area contributed by atoms with Gasteiger partial charge < -0.3 is 4.90 Å². The number of piperidine rings is 1. The number of rotatable bonds is 4. The smallest absolute Gasteiger partial charge is 0.225 e. The fourth-order valence-corrected chi connectivity index (χ4v) is 3.77. The molecule has 2 saturated heterocycles. The molecule has 124 valence electrons. The normalized spacial score (nSPS) is 20.9. The largest absolute Gasteiger partial charge is 0.342 e. The molecule has 0 radical (unpaired) electrons. The minimum Gasteiger partial charge on any atom is -0.342 e. The summed E-state index contributed by atoms with van der Waals surface area (Å²) in [4.78, 5) is 17.0. The zero-order chi connectivity index (χ0) is 16.1. The fourth-order valence-electron chi connectivity index (χ4n) is 3.77. The first kappa shape index (κ1) is 16.3. The number of carbonyl (C=O) groups is 1. The average molecular weight is 312 g/mol. The highest BCUT2D eigenvalue weighted by Gasteiger charge is 2.29. The molecular weight excluding hydrogens is 284 g/mol. The van der Waals surface area contributed by atoms with E-state index in [9.17, 15) is 4.79 Å². The van der Waals surface area contributed by atoms with Crippen LogP contribution in [0.4, 0.5) is 0 Å². The summed E-state index contributed by atoms with van der Waals surface area (Å²) in [7, 11) is 0. The number of hydrogen-bond donors (Lipinski definition) is 0. The molecule has 3 heteroatoms. The van der Waals surface area contributed by atoms with Gasteiger partial charge in [-0.05, 0) is 51.3 Å². The highest BCUT2D eigenvalue weighted by atomic mass is 16.2. The van der Waals surface area contributed by atoms with E-state index in [1.807, 2.05) is 0 Å². The summed E-state index contributed by atoms with van der Waals surface area (Å²) in [6, 6.07) is 10.5. The molecule has 3 rings (SSSR count). The Labute approximate surface area is 140 Å². The van der Waals surface area contributed by atoms with Crippen LogP contribution in [0.25, 0.3) is 6.08 Å². The molecule has 2 aliphatic heterocycles. The third-order valence-electron chi connectivity index (χ3n) is 5.04. The molecule has 0 saturated carbocycles. The van der Waals surface area contributed by atoms with E-state index in [2.05, 4.69) is 53.1 Å². The van der Waals surface area contributed by atoms with Crippen molar-refractivity contribution in [2.75, 3.05) is 32.7 Å². The topological polar surface area (TPSA) is 23.6 Å². The summed E-state index contributed by atoms with van der Waals surface area (Å²) in [5.74, 6) is 0.682. The van der Waals surface area contributed by atoms with Crippen molar-refractivity contribution in [3.63, 3.8) is 0 Å². The van der Waals surface area contributed by atoms with E-state index in [1.165, 1.54) is 24.0 Å². The SMILES string of the molecule is CC(=Cc1ccccc1)CN1CCC(C(=O)N2CCCC2)CC1. The van der Waals surface area contributed by atoms with Crippen LogP contribution in [0.1, 0.15) is 38.2 Å². The molecule has 3 nitrogen and oxygen atoms in total. The van der Waals surface area contributed by atoms with Crippen molar-refractivity contribution in [2.24, 2.45) is 5.92 Å². The number of benzene rings is 1. The summed E-state index contributed by atoms with van der Waals surface area (Å²) < 4.78 is 0. The van der Waals surface area contributed by atoms with Gasteiger partial charge >= 0.3 is 0 Å². The molecule has 0 N–H and O–H groups in total. The highest BCUT2D eigenvalue weighted by molar-refractivity contribution is 5.79. The zero-order valence-electron chi connectivity index (χ0n) is 14.2. The summed E-state index contributed by atoms with van der Waals surface area (Å²) >= 11 is 0. The van der Waals surface area contributed by atoms with Gasteiger partial charge in [-0.15, -0.1) is 0 Å². The molecule has 1 amide bonds. The number of amides is 1. The molecule has 0 aliphatic carbocycles. The molecule has 0 spiro atoms. The van der Waals surface area contributed by atoms with Crippen molar-refractivity contribution in [1.82, 2.24) is 9.80 Å². The number of hydrogen-bond acceptors (Lipinski definition) is 2. The molecule has 2 fully saturated rings. The number of carbonyl (C=O) groups excluding carboxylic acids is 1. The van der Waals surface area contributed by atoms with E-state index in [4.69, 9.17) is 0 Å². The fraction of sp³-hybridized carbons (Fsp3) is 0.550. The molecule has 1 aromatic carbocycles. The van der Waals surface area contributed by atoms with Crippen LogP contribution < -0.4 is 0 Å². The molecule has 0 aromatic heterocycles. The molecule has 0 atom stereocenters. The first-order valence-corrected chi connectivity index (χ1v) is 8.96. The third kappa shape index (κ3) is 4.44. The highest BCUT2D eigenvalue weighted by Crippen LogP contribution is 2.22. The molecule has 1 aromatic rings. The van der Waals surface area contributed by atoms with Crippen LogP contribution in [-0.2, 0) is 4.79 Å². The standard InChI is InChI=1S/C20H28N2O/c1-17(15-18-7-3-2-4-8-18)16-21-13-9-19(10-14-21)20(23)22-11-5-6-12-22/h2-4,7-8,15,19H,5-6,9-14,16H2,1H3. The van der Waals surface area contributed by atoms with Crippen LogP contribution >= 0.6 is 0 Å². The molecule has 0 bridgehead atoms. The van der Waals surface area contributed by atoms with Crippen molar-refractivity contribution in [3.05, 3.63) is 41.5 Å². The molecule has 0 unspecified atom stereocenters. The molecule has 23 heavy (non-hydrogen) atoms. The minimum atomic E-state index is 0.266. The van der Waals surface area contributed by atoms with Gasteiger partial charge in [0.05, 0.1) is 0 Å². The van der Waals surface area contributed by atoms with Crippen LogP contribution in [0.15, 0.2) is 35.9 Å². The van der Waals surface area contributed by atoms with Crippen LogP contribution in [0.2, 0.25) is 0 Å². The second-order valence-corrected chi connectivity index (χ2v) is 6.98. The van der Waals surface area contributed by atoms with E-state index < -0.39 is 0 Å². The van der Waals surface area contributed by atoms with E-state index in [0.717, 1.165) is 45.6 Å². The zero-order valence-corrected chi connectivity index (χ0v) is 14.2. The lowest BCUT2D eigenvalue weighted by molar-refractivity contribution is -0.135. The van der Waals surface area contributed by atoms with Gasteiger partial charge in [0.25, 0.3) is 0 Å². The Hall–Kier alpha value is -1.61. The van der Waals surface area contributed by atoms with Crippen LogP contribution in [0.5, 0.6) is 0 Å². The van der Waals surface area contributed by atoms with Crippen molar-refractivity contribution in [1.29, 1.82) is 0 Å². The predicted molar refractivity (Wildman–Crippen MR) is 95.1 cm³/mol. The van der Waals surface area contributed by atoms with E-state index in [-0.39, 0.29) is 5.92 Å². The lowest BCUT2D eigenvalue weighted by Crippen LogP contribution is -2.42. The Kier molecular flexibility index (Phi) is 5.50. The lowest BCUT2D eigenvalue weighted by Gasteiger charge is -2.33. The van der Waals surface area contributed by atoms with Crippen molar-refractivity contribution in [2.45, 2.75) is 32.6 Å². The number of nitrogens with zero attached hydrogens (tertiary/aromatic N) is 2. The van der Waals surface area contributed by atoms with Gasteiger partial charge in [0.2, 0.25) is 5.91 Å². The van der Waals surface area contributed by atoms with Crippen molar-refractivity contribution < 1.29 is 4.79 Å². The van der Waals surface area contributed by atoms with E-state index in [1.54, 1.807) is 0 Å². The first-order chi connectivity index (χ1) is 11.2. The minimum absolute atomic E-state index is 0.266. The summed E-state index contributed by atoms with van der Waals surface area (Å²) in [6.45, 7) is 7.28. The van der Waals surface area contributed by atoms with Gasteiger partial charge in [-0.25, -0.2) is 0 Å². The van der Waals surface area contributed by atoms with Crippen molar-refractivity contribution >= 4 is 12.0 Å². The molecule has 2 heterocycles. The van der Waals surface area contributed by atoms with Gasteiger partial charge in [0.1, 0.15) is 0 Å². The molecular formula is C20H28N2O. The Morgan fingerprint density at radius 2 is 1.74 bits per heavy atom. The van der Waals surface area contributed by atoms with E-state index in [0.29, 0.717) is 5.91 Å². The predicted octanol–water partition coefficient (Wildman–Crippen LogP) is 3.42. The second-order valence-electron chi connectivity index (χ2n) is 6.98. The molecule has 2 aliphatic rings. The lowest BCUT2D eigenvalue weighted by atomic mass is 9.95. The Balaban J connectivity index is 1.47. The van der Waals surface area contributed by atoms with Gasteiger partial charge in [0, 0.05) is 25.6 Å². The van der Waals surface area contributed by atoms with Gasteiger partial charge in [0.15, 0.2) is 0 Å². The quantitative estimate of drug-likeness (QED) is 0.850. The number of likely N-dealkylation sites (tertiary alicyclic amines) is 2. The second kappa shape index (κ2) is 7.78. The Bertz CT molecular complexity index is 538. The van der Waals surface area contributed by atoms with Crippen LogP contribution in [-0.4, -0.2) is 48.4 Å². The third-order valence-corrected chi connectivity index (χ3v) is 5.04. The van der Waals surface area contributed by atoms with Crippen molar-refractivity contribution in [3.8, 4) is 0 Å². The Morgan fingerprint density at radius 3 is 2.39 bits per heavy atom. The summed E-state index contributed by atoms with van der Waals surface area (Å²) in [5.41, 5.74) is 2.66. The van der Waals surface area contributed by atoms with Gasteiger partial charge in [-0.1, -0.05) is 42.0 Å². The van der Waals surface area contributed by atoms with Gasteiger partial charge in [-0.3, -0.25) is 9.69 Å². The van der Waals surface area contributed by atoms with E-state index >= 15 is 0 Å². The van der Waals surface area contributed by atoms with Gasteiger partial charge in [-0.2, -0.15) is 0 Å². The average Bonchev–Trinajstić information content (AvgIpc) is 3.10. The maximum atomic E-state index is 12.5. The van der Waals surface area contributed by atoms with Crippen LogP contribution in [0.3, 0.4) is 0 Å². The maximum absolute atomic E-state index is 12.5. The van der Waals surface area contributed by atoms with Crippen LogP contribution in [0, 0.1) is 5.92 Å². The first-order valence-electron chi connectivity index (χ1n) is 8.96. The Morgan fingerprint density at radius 1 is 1.09 bits per heavy atom. The monoisotopic (exact) mass is 312 g/mol. The summed E-state index contributed by atoms with van der Waals surface area (Å²) in [5, 5.41) is 0. The summed E-state index contributed by atoms with van der Waals surface area (Å²) in [6.07, 6.45) is 6.69.